The number of ether oxygens (including phenoxy) is 1. The van der Waals surface area contributed by atoms with E-state index in [1.54, 1.807) is 66.8 Å². The zero-order valence-corrected chi connectivity index (χ0v) is 23.1. The van der Waals surface area contributed by atoms with E-state index in [0.29, 0.717) is 45.4 Å². The summed E-state index contributed by atoms with van der Waals surface area (Å²) in [6, 6.07) is 24.5. The number of thiazole rings is 1. The van der Waals surface area contributed by atoms with E-state index in [1.165, 1.54) is 0 Å². The highest BCUT2D eigenvalue weighted by Crippen LogP contribution is 2.32. The SMILES string of the molecule is Cc1nc(COc2ccc(C(=O)N(O)c3cc(NC(=O)c4cccc5c4oc4ccccc45)ccc3C)cc2)cs1. The molecular formula is C32H25N3O5S. The molecule has 2 heterocycles. The van der Waals surface area contributed by atoms with Gasteiger partial charge in [0.25, 0.3) is 11.8 Å². The highest BCUT2D eigenvalue weighted by molar-refractivity contribution is 7.09. The first-order valence-corrected chi connectivity index (χ1v) is 13.7. The zero-order valence-electron chi connectivity index (χ0n) is 22.3. The molecule has 2 N–H and O–H groups in total. The summed E-state index contributed by atoms with van der Waals surface area (Å²) in [5.74, 6) is -0.411. The number of benzene rings is 4. The van der Waals surface area contributed by atoms with Crippen molar-refractivity contribution in [3.63, 3.8) is 0 Å². The van der Waals surface area contributed by atoms with E-state index < -0.39 is 5.91 Å². The molecule has 0 atom stereocenters. The molecule has 9 heteroatoms. The molecule has 0 saturated carbocycles. The normalized spacial score (nSPS) is 11.1. The van der Waals surface area contributed by atoms with E-state index in [4.69, 9.17) is 9.15 Å². The van der Waals surface area contributed by atoms with Gasteiger partial charge in [-0.2, -0.15) is 5.06 Å². The molecule has 0 unspecified atom stereocenters. The summed E-state index contributed by atoms with van der Waals surface area (Å²) in [5.41, 5.74) is 3.99. The molecule has 2 aromatic heterocycles. The second-order valence-electron chi connectivity index (χ2n) is 9.52. The fourth-order valence-electron chi connectivity index (χ4n) is 4.60. The molecule has 0 aliphatic carbocycles. The van der Waals surface area contributed by atoms with Gasteiger partial charge in [-0.15, -0.1) is 11.3 Å². The standard InChI is InChI=1S/C32H25N3O5S/c1-19-10-13-22(34-31(36)27-8-5-7-26-25-6-3-4-9-29(25)40-30(26)27)16-28(19)35(38)32(37)21-11-14-24(15-12-21)39-17-23-18-41-20(2)33-23/h3-16,18,38H,17H2,1-2H3,(H,34,36). The number of rotatable bonds is 7. The number of anilines is 2. The first-order valence-electron chi connectivity index (χ1n) is 12.9. The predicted octanol–water partition coefficient (Wildman–Crippen LogP) is 7.53. The van der Waals surface area contributed by atoms with Crippen LogP contribution in [0.5, 0.6) is 5.75 Å². The number of hydrogen-bond donors (Lipinski definition) is 2. The molecule has 0 spiro atoms. The van der Waals surface area contributed by atoms with Crippen molar-refractivity contribution in [2.24, 2.45) is 0 Å². The van der Waals surface area contributed by atoms with Crippen molar-refractivity contribution in [1.29, 1.82) is 0 Å². The molecule has 41 heavy (non-hydrogen) atoms. The van der Waals surface area contributed by atoms with Gasteiger partial charge in [-0.25, -0.2) is 4.98 Å². The van der Waals surface area contributed by atoms with Crippen LogP contribution < -0.4 is 15.1 Å². The van der Waals surface area contributed by atoms with Crippen LogP contribution in [0.1, 0.15) is 37.0 Å². The van der Waals surface area contributed by atoms with Crippen LogP contribution in [0, 0.1) is 13.8 Å². The van der Waals surface area contributed by atoms with Crippen LogP contribution in [0.15, 0.2) is 94.7 Å². The lowest BCUT2D eigenvalue weighted by Gasteiger charge is -2.19. The van der Waals surface area contributed by atoms with Gasteiger partial charge >= 0.3 is 0 Å². The first-order chi connectivity index (χ1) is 19.9. The number of nitrogens with one attached hydrogen (secondary N) is 1. The minimum absolute atomic E-state index is 0.244. The van der Waals surface area contributed by atoms with E-state index in [1.807, 2.05) is 48.7 Å². The Bertz CT molecular complexity index is 1910. The van der Waals surface area contributed by atoms with Crippen LogP contribution in [0.4, 0.5) is 11.4 Å². The van der Waals surface area contributed by atoms with Gasteiger partial charge in [0, 0.05) is 27.4 Å². The summed E-state index contributed by atoms with van der Waals surface area (Å²) >= 11 is 1.56. The Kier molecular flexibility index (Phi) is 6.96. The average molecular weight is 564 g/mol. The molecule has 0 bridgehead atoms. The van der Waals surface area contributed by atoms with Crippen molar-refractivity contribution in [2.45, 2.75) is 20.5 Å². The Balaban J connectivity index is 1.18. The number of fused-ring (bicyclic) bond motifs is 3. The van der Waals surface area contributed by atoms with Crippen LogP contribution in [-0.4, -0.2) is 22.0 Å². The highest BCUT2D eigenvalue weighted by atomic mass is 32.1. The van der Waals surface area contributed by atoms with E-state index in [2.05, 4.69) is 10.3 Å². The number of carbonyl (C=O) groups is 2. The summed E-state index contributed by atoms with van der Waals surface area (Å²) in [6.45, 7) is 4.03. The van der Waals surface area contributed by atoms with Crippen LogP contribution in [0.3, 0.4) is 0 Å². The lowest BCUT2D eigenvalue weighted by Crippen LogP contribution is -2.27. The van der Waals surface area contributed by atoms with Crippen LogP contribution in [0.2, 0.25) is 0 Å². The van der Waals surface area contributed by atoms with Gasteiger partial charge in [-0.3, -0.25) is 14.8 Å². The Morgan fingerprint density at radius 2 is 1.76 bits per heavy atom. The Hall–Kier alpha value is -4.99. The van der Waals surface area contributed by atoms with Gasteiger partial charge in [0.05, 0.1) is 22.0 Å². The predicted molar refractivity (Wildman–Crippen MR) is 159 cm³/mol. The van der Waals surface area contributed by atoms with Crippen molar-refractivity contribution in [1.82, 2.24) is 4.98 Å². The maximum atomic E-state index is 13.3. The second kappa shape index (κ2) is 10.9. The number of aryl methyl sites for hydroxylation is 2. The van der Waals surface area contributed by atoms with Crippen LogP contribution in [0.25, 0.3) is 21.9 Å². The topological polar surface area (TPSA) is 105 Å². The maximum absolute atomic E-state index is 13.3. The van der Waals surface area contributed by atoms with E-state index in [0.717, 1.165) is 21.5 Å². The van der Waals surface area contributed by atoms with E-state index >= 15 is 0 Å². The van der Waals surface area contributed by atoms with Crippen molar-refractivity contribution in [2.75, 3.05) is 10.4 Å². The van der Waals surface area contributed by atoms with Gasteiger partial charge in [-0.05, 0) is 67.9 Å². The Morgan fingerprint density at radius 3 is 2.54 bits per heavy atom. The lowest BCUT2D eigenvalue weighted by molar-refractivity contribution is 0.0854. The summed E-state index contributed by atoms with van der Waals surface area (Å²) < 4.78 is 11.7. The maximum Gasteiger partial charge on any atom is 0.281 e. The molecule has 0 saturated heterocycles. The fourth-order valence-corrected chi connectivity index (χ4v) is 5.19. The van der Waals surface area contributed by atoms with Gasteiger partial charge < -0.3 is 14.5 Å². The van der Waals surface area contributed by atoms with Crippen LogP contribution >= 0.6 is 11.3 Å². The molecule has 204 valence electrons. The molecule has 8 nitrogen and oxygen atoms in total. The molecule has 0 aliphatic heterocycles. The van der Waals surface area contributed by atoms with Crippen molar-refractivity contribution in [3.05, 3.63) is 118 Å². The smallest absolute Gasteiger partial charge is 0.281 e. The number of nitrogens with zero attached hydrogens (tertiary/aromatic N) is 2. The molecule has 2 amide bonds. The van der Waals surface area contributed by atoms with Crippen molar-refractivity contribution in [3.8, 4) is 5.75 Å². The van der Waals surface area contributed by atoms with Gasteiger partial charge in [0.15, 0.2) is 0 Å². The highest BCUT2D eigenvalue weighted by Gasteiger charge is 2.20. The van der Waals surface area contributed by atoms with E-state index in [9.17, 15) is 14.8 Å². The van der Waals surface area contributed by atoms with E-state index in [-0.39, 0.29) is 17.2 Å². The third-order valence-electron chi connectivity index (χ3n) is 6.69. The summed E-state index contributed by atoms with van der Waals surface area (Å²) in [5, 5.41) is 19.0. The third-order valence-corrected chi connectivity index (χ3v) is 7.51. The van der Waals surface area contributed by atoms with Gasteiger partial charge in [-0.1, -0.05) is 36.4 Å². The third kappa shape index (κ3) is 5.28. The van der Waals surface area contributed by atoms with Crippen molar-refractivity contribution >= 4 is 56.5 Å². The molecule has 4 aromatic carbocycles. The minimum Gasteiger partial charge on any atom is -0.487 e. The van der Waals surface area contributed by atoms with Gasteiger partial charge in [0.1, 0.15) is 23.5 Å². The lowest BCUT2D eigenvalue weighted by atomic mass is 10.1. The quantitative estimate of drug-likeness (QED) is 0.154. The largest absolute Gasteiger partial charge is 0.487 e. The Labute approximate surface area is 239 Å². The summed E-state index contributed by atoms with van der Waals surface area (Å²) in [7, 11) is 0. The molecule has 0 aliphatic rings. The zero-order chi connectivity index (χ0) is 28.5. The number of amides is 2. The number of para-hydroxylation sites is 2. The average Bonchev–Trinajstić information content (AvgIpc) is 3.59. The second-order valence-corrected chi connectivity index (χ2v) is 10.6. The molecule has 0 fully saturated rings. The molecular weight excluding hydrogens is 538 g/mol. The summed E-state index contributed by atoms with van der Waals surface area (Å²) in [6.07, 6.45) is 0. The van der Waals surface area contributed by atoms with Crippen molar-refractivity contribution < 1.29 is 24.0 Å². The monoisotopic (exact) mass is 563 g/mol. The molecule has 6 rings (SSSR count). The number of hydrogen-bond acceptors (Lipinski definition) is 7. The molecule has 0 radical (unpaired) electrons. The first kappa shape index (κ1) is 26.2. The minimum atomic E-state index is -0.620. The van der Waals surface area contributed by atoms with Crippen LogP contribution in [-0.2, 0) is 6.61 Å². The number of hydroxylamine groups is 1. The fraction of sp³-hybridized carbons (Fsp3) is 0.0938. The Morgan fingerprint density at radius 1 is 0.976 bits per heavy atom. The molecule has 6 aromatic rings. The number of aromatic nitrogens is 1. The summed E-state index contributed by atoms with van der Waals surface area (Å²) in [4.78, 5) is 30.7. The van der Waals surface area contributed by atoms with Gasteiger partial charge in [0.2, 0.25) is 0 Å². The number of furan rings is 1. The number of carbonyl (C=O) groups excluding carboxylic acids is 2.